The third-order valence-corrected chi connectivity index (χ3v) is 4.85. The van der Waals surface area contributed by atoms with Gasteiger partial charge in [0.15, 0.2) is 0 Å². The van der Waals surface area contributed by atoms with Crippen molar-refractivity contribution in [1.29, 1.82) is 0 Å². The van der Waals surface area contributed by atoms with Crippen molar-refractivity contribution in [3.8, 4) is 5.75 Å². The average molecular weight is 403 g/mol. The lowest BCUT2D eigenvalue weighted by Gasteiger charge is -2.21. The van der Waals surface area contributed by atoms with E-state index in [4.69, 9.17) is 16.3 Å². The van der Waals surface area contributed by atoms with Gasteiger partial charge in [-0.3, -0.25) is 9.59 Å². The van der Waals surface area contributed by atoms with Crippen LogP contribution in [0.3, 0.4) is 0 Å². The molecule has 5 nitrogen and oxygen atoms in total. The molecule has 0 atom stereocenters. The number of para-hydroxylation sites is 1. The van der Waals surface area contributed by atoms with E-state index in [9.17, 15) is 9.59 Å². The van der Waals surface area contributed by atoms with Crippen LogP contribution < -0.4 is 10.1 Å². The van der Waals surface area contributed by atoms with E-state index in [0.29, 0.717) is 37.6 Å². The molecule has 0 heterocycles. The lowest BCUT2D eigenvalue weighted by Crippen LogP contribution is -2.28. The van der Waals surface area contributed by atoms with Crippen LogP contribution in [-0.2, 0) is 16.1 Å². The molecule has 0 aromatic heterocycles. The molecule has 0 fully saturated rings. The number of aryl methyl sites for hydroxylation is 1. The maximum absolute atomic E-state index is 12.3. The molecule has 0 aliphatic heterocycles. The van der Waals surface area contributed by atoms with Crippen LogP contribution in [0.1, 0.15) is 37.8 Å². The number of ether oxygens (including phenoxy) is 1. The van der Waals surface area contributed by atoms with Gasteiger partial charge in [0.1, 0.15) is 5.75 Å². The first-order chi connectivity index (χ1) is 13.4. The first-order valence-corrected chi connectivity index (χ1v) is 9.80. The molecule has 0 aliphatic carbocycles. The molecule has 28 heavy (non-hydrogen) atoms. The van der Waals surface area contributed by atoms with E-state index in [0.717, 1.165) is 22.6 Å². The molecule has 0 saturated carbocycles. The third kappa shape index (κ3) is 6.57. The number of carbonyl (C=O) groups is 2. The van der Waals surface area contributed by atoms with Crippen molar-refractivity contribution < 1.29 is 14.3 Å². The molecule has 0 unspecified atom stereocenters. The van der Waals surface area contributed by atoms with E-state index >= 15 is 0 Å². The minimum Gasteiger partial charge on any atom is -0.494 e. The Morgan fingerprint density at radius 1 is 1.18 bits per heavy atom. The highest BCUT2D eigenvalue weighted by Gasteiger charge is 2.12. The minimum atomic E-state index is -0.0748. The number of carbonyl (C=O) groups excluding carboxylic acids is 2. The van der Waals surface area contributed by atoms with Gasteiger partial charge in [-0.1, -0.05) is 29.8 Å². The molecular weight excluding hydrogens is 376 g/mol. The molecule has 6 heteroatoms. The molecule has 2 aromatic rings. The largest absolute Gasteiger partial charge is 0.494 e. The van der Waals surface area contributed by atoms with E-state index in [1.165, 1.54) is 0 Å². The number of nitrogens with zero attached hydrogens (tertiary/aromatic N) is 1. The zero-order valence-corrected chi connectivity index (χ0v) is 17.4. The van der Waals surface area contributed by atoms with Crippen LogP contribution in [0, 0.1) is 6.92 Å². The summed E-state index contributed by atoms with van der Waals surface area (Å²) in [6.07, 6.45) is 0.954. The van der Waals surface area contributed by atoms with Crippen molar-refractivity contribution in [3.63, 3.8) is 0 Å². The zero-order chi connectivity index (χ0) is 20.5. The first kappa shape index (κ1) is 21.8. The van der Waals surface area contributed by atoms with Crippen LogP contribution in [0.15, 0.2) is 42.5 Å². The summed E-state index contributed by atoms with van der Waals surface area (Å²) in [6.45, 7) is 6.95. The van der Waals surface area contributed by atoms with Gasteiger partial charge in [-0.2, -0.15) is 0 Å². The fraction of sp³-hybridized carbons (Fsp3) is 0.364. The minimum absolute atomic E-state index is 0.0122. The second-order valence-electron chi connectivity index (χ2n) is 6.60. The average Bonchev–Trinajstić information content (AvgIpc) is 2.67. The Bertz CT molecular complexity index is 823. The Hall–Kier alpha value is -2.53. The maximum atomic E-state index is 12.3. The summed E-state index contributed by atoms with van der Waals surface area (Å²) in [6, 6.07) is 13.1. The van der Waals surface area contributed by atoms with Crippen LogP contribution in [0.25, 0.3) is 0 Å². The van der Waals surface area contributed by atoms with Crippen molar-refractivity contribution in [2.24, 2.45) is 0 Å². The standard InChI is InChI=1S/C22H27ClN2O3/c1-4-25(17(3)26)15-18-8-5-6-9-21(18)24-22(27)10-7-13-28-19-11-12-20(23)16(2)14-19/h5-6,8-9,11-12,14H,4,7,10,13,15H2,1-3H3,(H,24,27). The molecule has 0 saturated heterocycles. The second kappa shape index (κ2) is 10.7. The van der Waals surface area contributed by atoms with Crippen molar-refractivity contribution in [3.05, 3.63) is 58.6 Å². The Morgan fingerprint density at radius 2 is 1.93 bits per heavy atom. The lowest BCUT2D eigenvalue weighted by atomic mass is 10.1. The number of amides is 2. The molecule has 2 aromatic carbocycles. The van der Waals surface area contributed by atoms with Crippen LogP contribution >= 0.6 is 11.6 Å². The molecule has 1 N–H and O–H groups in total. The summed E-state index contributed by atoms with van der Waals surface area (Å²) in [5, 5.41) is 3.65. The van der Waals surface area contributed by atoms with Gasteiger partial charge >= 0.3 is 0 Å². The number of halogens is 1. The highest BCUT2D eigenvalue weighted by molar-refractivity contribution is 6.31. The van der Waals surface area contributed by atoms with Gasteiger partial charge in [-0.05, 0) is 55.7 Å². The summed E-state index contributed by atoms with van der Waals surface area (Å²) < 4.78 is 5.68. The molecule has 0 spiro atoms. The summed E-state index contributed by atoms with van der Waals surface area (Å²) in [5.74, 6) is 0.684. The fourth-order valence-electron chi connectivity index (χ4n) is 2.77. The Balaban J connectivity index is 1.84. The van der Waals surface area contributed by atoms with Gasteiger partial charge in [0, 0.05) is 37.1 Å². The van der Waals surface area contributed by atoms with E-state index in [1.807, 2.05) is 50.2 Å². The number of anilines is 1. The van der Waals surface area contributed by atoms with Crippen molar-refractivity contribution >= 4 is 29.1 Å². The molecule has 0 aliphatic rings. The van der Waals surface area contributed by atoms with Gasteiger partial charge in [0.2, 0.25) is 11.8 Å². The van der Waals surface area contributed by atoms with E-state index < -0.39 is 0 Å². The van der Waals surface area contributed by atoms with Crippen LogP contribution in [0.4, 0.5) is 5.69 Å². The monoisotopic (exact) mass is 402 g/mol. The van der Waals surface area contributed by atoms with Crippen LogP contribution in [-0.4, -0.2) is 29.9 Å². The molecular formula is C22H27ClN2O3. The number of rotatable bonds is 9. The van der Waals surface area contributed by atoms with E-state index in [2.05, 4.69) is 5.32 Å². The zero-order valence-electron chi connectivity index (χ0n) is 16.6. The third-order valence-electron chi connectivity index (χ3n) is 4.43. The molecule has 2 amide bonds. The summed E-state index contributed by atoms with van der Waals surface area (Å²) in [4.78, 5) is 25.7. The highest BCUT2D eigenvalue weighted by atomic mass is 35.5. The maximum Gasteiger partial charge on any atom is 0.224 e. The Morgan fingerprint density at radius 3 is 2.61 bits per heavy atom. The first-order valence-electron chi connectivity index (χ1n) is 9.43. The van der Waals surface area contributed by atoms with Crippen molar-refractivity contribution in [2.75, 3.05) is 18.5 Å². The number of hydrogen-bond donors (Lipinski definition) is 1. The highest BCUT2D eigenvalue weighted by Crippen LogP contribution is 2.21. The number of benzene rings is 2. The second-order valence-corrected chi connectivity index (χ2v) is 7.01. The SMILES string of the molecule is CCN(Cc1ccccc1NC(=O)CCCOc1ccc(Cl)c(C)c1)C(C)=O. The van der Waals surface area contributed by atoms with Gasteiger partial charge in [-0.25, -0.2) is 0 Å². The molecule has 2 rings (SSSR count). The summed E-state index contributed by atoms with van der Waals surface area (Å²) in [7, 11) is 0. The molecule has 150 valence electrons. The van der Waals surface area contributed by atoms with Crippen LogP contribution in [0.5, 0.6) is 5.75 Å². The van der Waals surface area contributed by atoms with Gasteiger partial charge < -0.3 is 15.0 Å². The fourth-order valence-corrected chi connectivity index (χ4v) is 2.89. The molecule has 0 radical (unpaired) electrons. The quantitative estimate of drug-likeness (QED) is 0.612. The Labute approximate surface area is 171 Å². The number of hydrogen-bond acceptors (Lipinski definition) is 3. The van der Waals surface area contributed by atoms with Gasteiger partial charge in [-0.15, -0.1) is 0 Å². The smallest absolute Gasteiger partial charge is 0.224 e. The predicted molar refractivity (Wildman–Crippen MR) is 113 cm³/mol. The van der Waals surface area contributed by atoms with Crippen molar-refractivity contribution in [1.82, 2.24) is 4.90 Å². The van der Waals surface area contributed by atoms with Gasteiger partial charge in [0.05, 0.1) is 6.61 Å². The van der Waals surface area contributed by atoms with E-state index in [1.54, 1.807) is 17.9 Å². The normalized spacial score (nSPS) is 10.4. The lowest BCUT2D eigenvalue weighted by molar-refractivity contribution is -0.129. The number of nitrogens with one attached hydrogen (secondary N) is 1. The van der Waals surface area contributed by atoms with Crippen LogP contribution in [0.2, 0.25) is 5.02 Å². The van der Waals surface area contributed by atoms with Gasteiger partial charge in [0.25, 0.3) is 0 Å². The summed E-state index contributed by atoms with van der Waals surface area (Å²) >= 11 is 6.00. The topological polar surface area (TPSA) is 58.6 Å². The summed E-state index contributed by atoms with van der Waals surface area (Å²) in [5.41, 5.74) is 2.61. The van der Waals surface area contributed by atoms with Crippen molar-refractivity contribution in [2.45, 2.75) is 40.2 Å². The molecule has 0 bridgehead atoms. The Kier molecular flexibility index (Phi) is 8.33. The van der Waals surface area contributed by atoms with E-state index in [-0.39, 0.29) is 11.8 Å². The predicted octanol–water partition coefficient (Wildman–Crippen LogP) is 4.81.